The lowest BCUT2D eigenvalue weighted by molar-refractivity contribution is -0.385. The highest BCUT2D eigenvalue weighted by atomic mass is 16.7. The molecule has 1 saturated heterocycles. The lowest BCUT2D eigenvalue weighted by Gasteiger charge is -2.29. The largest absolute Gasteiger partial charge is 0.493 e. The lowest BCUT2D eigenvalue weighted by Crippen LogP contribution is -2.41. The number of rotatable bonds is 6. The number of nitro groups is 1. The van der Waals surface area contributed by atoms with Crippen LogP contribution >= 0.6 is 0 Å². The molecule has 29 heavy (non-hydrogen) atoms. The first kappa shape index (κ1) is 19.9. The van der Waals surface area contributed by atoms with Crippen molar-refractivity contribution in [1.29, 1.82) is 0 Å². The monoisotopic (exact) mass is 403 g/mol. The first-order valence-electron chi connectivity index (χ1n) is 8.34. The Morgan fingerprint density at radius 3 is 2.52 bits per heavy atom. The summed E-state index contributed by atoms with van der Waals surface area (Å²) in [6, 6.07) is 4.71. The van der Waals surface area contributed by atoms with Crippen LogP contribution in [0.2, 0.25) is 0 Å². The number of carbonyl (C=O) groups is 2. The van der Waals surface area contributed by atoms with Gasteiger partial charge in [-0.1, -0.05) is 6.07 Å². The van der Waals surface area contributed by atoms with Crippen molar-refractivity contribution in [2.75, 3.05) is 7.11 Å². The van der Waals surface area contributed by atoms with Gasteiger partial charge in [0.05, 0.1) is 12.0 Å². The molecule has 152 valence electrons. The number of hydrogen-bond acceptors (Lipinski definition) is 9. The molecular formula is C18H17N3O8. The van der Waals surface area contributed by atoms with Crippen LogP contribution in [0, 0.1) is 10.1 Å². The number of methoxy groups -OCH3 is 1. The van der Waals surface area contributed by atoms with Crippen molar-refractivity contribution in [2.45, 2.75) is 26.4 Å². The molecule has 11 nitrogen and oxygen atoms in total. The zero-order valence-corrected chi connectivity index (χ0v) is 15.8. The summed E-state index contributed by atoms with van der Waals surface area (Å²) in [5, 5.41) is 14.5. The van der Waals surface area contributed by atoms with Crippen LogP contribution in [0.25, 0.3) is 6.08 Å². The van der Waals surface area contributed by atoms with Crippen LogP contribution in [0.3, 0.4) is 0 Å². The van der Waals surface area contributed by atoms with Gasteiger partial charge in [0, 0.05) is 13.8 Å². The van der Waals surface area contributed by atoms with E-state index in [1.165, 1.54) is 37.9 Å². The fraction of sp³-hybridized carbons (Fsp3) is 0.278. The first-order chi connectivity index (χ1) is 13.7. The average molecular weight is 403 g/mol. The summed E-state index contributed by atoms with van der Waals surface area (Å²) in [5.41, 5.74) is 0.0772. The van der Waals surface area contributed by atoms with Crippen molar-refractivity contribution in [3.63, 3.8) is 0 Å². The van der Waals surface area contributed by atoms with Gasteiger partial charge in [0.1, 0.15) is 18.0 Å². The van der Waals surface area contributed by atoms with Crippen molar-refractivity contribution < 1.29 is 33.5 Å². The van der Waals surface area contributed by atoms with Crippen molar-refractivity contribution in [1.82, 2.24) is 9.78 Å². The van der Waals surface area contributed by atoms with Crippen LogP contribution in [0.4, 0.5) is 5.69 Å². The number of esters is 2. The van der Waals surface area contributed by atoms with E-state index in [0.717, 1.165) is 6.20 Å². The predicted molar refractivity (Wildman–Crippen MR) is 96.7 cm³/mol. The molecule has 1 aliphatic rings. The summed E-state index contributed by atoms with van der Waals surface area (Å²) in [7, 11) is 1.42. The maximum atomic E-state index is 12.1. The lowest BCUT2D eigenvalue weighted by atomic mass is 10.1. The molecule has 1 fully saturated rings. The van der Waals surface area contributed by atoms with Crippen LogP contribution in [0.15, 0.2) is 36.2 Å². The van der Waals surface area contributed by atoms with Gasteiger partial charge in [-0.25, -0.2) is 14.3 Å². The van der Waals surface area contributed by atoms with Crippen LogP contribution in [-0.2, 0) is 25.8 Å². The minimum atomic E-state index is -1.32. The maximum Gasteiger partial charge on any atom is 0.348 e. The fourth-order valence-electron chi connectivity index (χ4n) is 2.49. The van der Waals surface area contributed by atoms with E-state index in [1.807, 2.05) is 0 Å². The second-order valence-electron chi connectivity index (χ2n) is 6.42. The molecule has 0 spiro atoms. The number of ether oxygens (including phenoxy) is 4. The van der Waals surface area contributed by atoms with E-state index in [9.17, 15) is 19.7 Å². The van der Waals surface area contributed by atoms with Gasteiger partial charge < -0.3 is 18.9 Å². The third-order valence-electron chi connectivity index (χ3n) is 3.80. The van der Waals surface area contributed by atoms with E-state index in [4.69, 9.17) is 18.9 Å². The van der Waals surface area contributed by atoms with Crippen LogP contribution in [0.1, 0.15) is 19.4 Å². The minimum Gasteiger partial charge on any atom is -0.493 e. The maximum absolute atomic E-state index is 12.1. The van der Waals surface area contributed by atoms with Gasteiger partial charge in [-0.2, -0.15) is 5.10 Å². The molecule has 2 aromatic rings. The zero-order valence-electron chi connectivity index (χ0n) is 15.8. The average Bonchev–Trinajstić information content (AvgIpc) is 3.12. The van der Waals surface area contributed by atoms with E-state index in [2.05, 4.69) is 5.10 Å². The highest BCUT2D eigenvalue weighted by molar-refractivity contribution is 6.18. The number of benzene rings is 1. The van der Waals surface area contributed by atoms with Gasteiger partial charge in [-0.05, 0) is 23.8 Å². The van der Waals surface area contributed by atoms with E-state index < -0.39 is 22.6 Å². The first-order valence-corrected chi connectivity index (χ1v) is 8.34. The highest BCUT2D eigenvalue weighted by Gasteiger charge is 2.38. The molecule has 0 radical (unpaired) electrons. The van der Waals surface area contributed by atoms with E-state index in [1.54, 1.807) is 18.2 Å². The van der Waals surface area contributed by atoms with Gasteiger partial charge in [0.2, 0.25) is 0 Å². The van der Waals surface area contributed by atoms with Crippen molar-refractivity contribution in [3.05, 3.63) is 51.8 Å². The van der Waals surface area contributed by atoms with Gasteiger partial charge in [-0.3, -0.25) is 10.1 Å². The highest BCUT2D eigenvalue weighted by Crippen LogP contribution is 2.30. The molecule has 0 saturated carbocycles. The summed E-state index contributed by atoms with van der Waals surface area (Å²) in [5.74, 6) is -2.24. The zero-order chi connectivity index (χ0) is 21.2. The van der Waals surface area contributed by atoms with Crippen LogP contribution in [0.5, 0.6) is 11.5 Å². The SMILES string of the molecule is COc1cc(C=C2C(=O)OC(C)(C)OC2=O)ccc1OCn1cc([N+](=O)[O-])cn1. The summed E-state index contributed by atoms with van der Waals surface area (Å²) in [6.45, 7) is 2.84. The smallest absolute Gasteiger partial charge is 0.348 e. The topological polar surface area (TPSA) is 132 Å². The van der Waals surface area contributed by atoms with Gasteiger partial charge in [-0.15, -0.1) is 0 Å². The quantitative estimate of drug-likeness (QED) is 0.234. The predicted octanol–water partition coefficient (Wildman–Crippen LogP) is 2.06. The second-order valence-corrected chi connectivity index (χ2v) is 6.42. The Kier molecular flexibility index (Phi) is 5.22. The molecule has 0 unspecified atom stereocenters. The molecule has 2 heterocycles. The Morgan fingerprint density at radius 2 is 1.93 bits per heavy atom. The number of aromatic nitrogens is 2. The third kappa shape index (κ3) is 4.51. The number of carbonyl (C=O) groups excluding carboxylic acids is 2. The molecule has 0 N–H and O–H groups in total. The molecule has 1 aliphatic heterocycles. The Morgan fingerprint density at radius 1 is 1.24 bits per heavy atom. The molecule has 1 aromatic carbocycles. The van der Waals surface area contributed by atoms with E-state index >= 15 is 0 Å². The molecule has 0 aliphatic carbocycles. The van der Waals surface area contributed by atoms with Gasteiger partial charge in [0.25, 0.3) is 5.79 Å². The molecule has 0 amide bonds. The molecule has 3 rings (SSSR count). The Hall–Kier alpha value is -3.89. The normalized spacial score (nSPS) is 15.3. The third-order valence-corrected chi connectivity index (χ3v) is 3.80. The van der Waals surface area contributed by atoms with E-state index in [-0.39, 0.29) is 18.0 Å². The molecule has 0 bridgehead atoms. The van der Waals surface area contributed by atoms with Gasteiger partial charge in [0.15, 0.2) is 18.2 Å². The van der Waals surface area contributed by atoms with Gasteiger partial charge >= 0.3 is 17.6 Å². The Balaban J connectivity index is 1.77. The van der Waals surface area contributed by atoms with Crippen LogP contribution in [-0.4, -0.2) is 39.5 Å². The number of cyclic esters (lactones) is 2. The summed E-state index contributed by atoms with van der Waals surface area (Å²) < 4.78 is 22.2. The summed E-state index contributed by atoms with van der Waals surface area (Å²) >= 11 is 0. The fourth-order valence-corrected chi connectivity index (χ4v) is 2.49. The molecular weight excluding hydrogens is 386 g/mol. The molecule has 1 aromatic heterocycles. The summed E-state index contributed by atoms with van der Waals surface area (Å²) in [6.07, 6.45) is 3.66. The van der Waals surface area contributed by atoms with Crippen molar-refractivity contribution in [2.24, 2.45) is 0 Å². The molecule has 0 atom stereocenters. The van der Waals surface area contributed by atoms with Crippen molar-refractivity contribution >= 4 is 23.7 Å². The number of hydrogen-bond donors (Lipinski definition) is 0. The summed E-state index contributed by atoms with van der Waals surface area (Å²) in [4.78, 5) is 34.2. The second kappa shape index (κ2) is 7.62. The van der Waals surface area contributed by atoms with Crippen LogP contribution < -0.4 is 9.47 Å². The Labute approximate surface area is 164 Å². The van der Waals surface area contributed by atoms with E-state index in [0.29, 0.717) is 17.1 Å². The minimum absolute atomic E-state index is 0.0849. The standard InChI is InChI=1S/C18H17N3O8/c1-18(2)28-16(22)13(17(23)29-18)6-11-4-5-14(15(7-11)26-3)27-10-20-9-12(8-19-20)21(24)25/h4-9H,10H2,1-3H3. The van der Waals surface area contributed by atoms with Crippen molar-refractivity contribution in [3.8, 4) is 11.5 Å². The Bertz CT molecular complexity index is 986. The number of nitrogens with zero attached hydrogens (tertiary/aromatic N) is 3. The molecule has 11 heteroatoms.